The summed E-state index contributed by atoms with van der Waals surface area (Å²) in [7, 11) is 0. The van der Waals surface area contributed by atoms with E-state index >= 15 is 0 Å². The first-order valence-electron chi connectivity index (χ1n) is 4.05. The van der Waals surface area contributed by atoms with Crippen molar-refractivity contribution in [2.75, 3.05) is 18.0 Å². The van der Waals surface area contributed by atoms with Gasteiger partial charge in [-0.3, -0.25) is 0 Å². The van der Waals surface area contributed by atoms with Gasteiger partial charge in [0.25, 0.3) is 0 Å². The fraction of sp³-hybridized carbons (Fsp3) is 0.444. The van der Waals surface area contributed by atoms with Crippen molar-refractivity contribution < 1.29 is 17.0 Å². The maximum Gasteiger partial charge on any atom is 2.00 e. The first-order valence-corrected chi connectivity index (χ1v) is 4.05. The summed E-state index contributed by atoms with van der Waals surface area (Å²) >= 11 is 0. The number of rotatable bonds is 1. The Kier molecular flexibility index (Phi) is 6.72. The zero-order valence-corrected chi connectivity index (χ0v) is 10.5. The first kappa shape index (κ1) is 13.2. The van der Waals surface area contributed by atoms with Crippen molar-refractivity contribution in [2.45, 2.75) is 12.8 Å². The molecule has 0 amide bonds. The van der Waals surface area contributed by atoms with E-state index in [4.69, 9.17) is 0 Å². The summed E-state index contributed by atoms with van der Waals surface area (Å²) in [6.07, 6.45) is 5.45. The van der Waals surface area contributed by atoms with Crippen molar-refractivity contribution in [2.24, 2.45) is 0 Å². The van der Waals surface area contributed by atoms with Gasteiger partial charge in [-0.05, 0) is 12.8 Å². The zero-order valence-electron chi connectivity index (χ0n) is 7.54. The fourth-order valence-electron chi connectivity index (χ4n) is 1.44. The minimum atomic E-state index is 0. The average Bonchev–Trinajstić information content (AvgIpc) is 2.58. The largest absolute Gasteiger partial charge is 2.00 e. The van der Waals surface area contributed by atoms with Crippen LogP contribution in [0.15, 0.2) is 18.2 Å². The van der Waals surface area contributed by atoms with E-state index in [1.54, 1.807) is 0 Å². The van der Waals surface area contributed by atoms with Gasteiger partial charge in [-0.1, -0.05) is 6.20 Å². The molecule has 2 nitrogen and oxygen atoms in total. The quantitative estimate of drug-likeness (QED) is 0.428. The van der Waals surface area contributed by atoms with Crippen LogP contribution in [0.3, 0.4) is 0 Å². The summed E-state index contributed by atoms with van der Waals surface area (Å²) in [5.74, 6) is 1.07. The van der Waals surface area contributed by atoms with Gasteiger partial charge in [0.1, 0.15) is 0 Å². The third-order valence-electron chi connectivity index (χ3n) is 2.03. The minimum absolute atomic E-state index is 0. The van der Waals surface area contributed by atoms with Gasteiger partial charge < -0.3 is 26.9 Å². The van der Waals surface area contributed by atoms with E-state index in [0.29, 0.717) is 0 Å². The number of hydrogen-bond acceptors (Lipinski definition) is 2. The third kappa shape index (κ3) is 3.44. The minimum Gasteiger partial charge on any atom is -1.00 e. The van der Waals surface area contributed by atoms with E-state index in [1.807, 2.05) is 18.2 Å². The number of anilines is 1. The Labute approximate surface area is 106 Å². The van der Waals surface area contributed by atoms with Crippen molar-refractivity contribution in [3.63, 3.8) is 0 Å². The normalized spacial score (nSPS) is 14.6. The molecule has 1 saturated heterocycles. The molecule has 0 saturated carbocycles. The van der Waals surface area contributed by atoms with Gasteiger partial charge in [0.15, 0.2) is 0 Å². The van der Waals surface area contributed by atoms with E-state index in [1.165, 1.54) is 12.8 Å². The Bertz CT molecular complexity index is 224. The molecule has 2 heterocycles. The van der Waals surface area contributed by atoms with Gasteiger partial charge in [0.2, 0.25) is 0 Å². The van der Waals surface area contributed by atoms with Crippen molar-refractivity contribution in [3.05, 3.63) is 24.4 Å². The van der Waals surface area contributed by atoms with Crippen LogP contribution in [0.25, 0.3) is 0 Å². The van der Waals surface area contributed by atoms with Gasteiger partial charge >= 0.3 is 23.1 Å². The van der Waals surface area contributed by atoms with Crippen LogP contribution in [0, 0.1) is 6.20 Å². The van der Waals surface area contributed by atoms with Crippen LogP contribution in [-0.4, -0.2) is 41.1 Å². The Morgan fingerprint density at radius 2 is 2.00 bits per heavy atom. The average molecular weight is 251 g/mol. The van der Waals surface area contributed by atoms with E-state index < -0.39 is 0 Å². The molecular weight excluding hydrogens is 240 g/mol. The van der Waals surface area contributed by atoms with Gasteiger partial charge in [-0.2, -0.15) is 12.1 Å². The van der Waals surface area contributed by atoms with E-state index in [-0.39, 0.29) is 40.0 Å². The van der Waals surface area contributed by atoms with E-state index in [2.05, 4.69) is 16.1 Å². The molecule has 1 aromatic heterocycles. The van der Waals surface area contributed by atoms with Gasteiger partial charge in [0.05, 0.1) is 0 Å². The Hall–Kier alpha value is 0.196. The summed E-state index contributed by atoms with van der Waals surface area (Å²) in [5.41, 5.74) is 0. The SMILES string of the molecule is [Br-].[Mg+2].[c-]1cccc(N2CCCC2)n1. The molecule has 0 aromatic carbocycles. The zero-order chi connectivity index (χ0) is 7.52. The molecule has 0 bridgehead atoms. The summed E-state index contributed by atoms with van der Waals surface area (Å²) in [6, 6.07) is 5.86. The third-order valence-corrected chi connectivity index (χ3v) is 2.03. The maximum absolute atomic E-state index is 4.16. The number of nitrogens with zero attached hydrogens (tertiary/aromatic N) is 2. The molecular formula is C9H11BrMgN2. The second kappa shape index (κ2) is 6.62. The topological polar surface area (TPSA) is 16.1 Å². The van der Waals surface area contributed by atoms with Gasteiger partial charge in [-0.15, -0.1) is 6.07 Å². The summed E-state index contributed by atoms with van der Waals surface area (Å²) in [5, 5.41) is 0. The molecule has 0 N–H and O–H groups in total. The summed E-state index contributed by atoms with van der Waals surface area (Å²) in [4.78, 5) is 6.46. The van der Waals surface area contributed by atoms with Crippen LogP contribution in [0.1, 0.15) is 12.8 Å². The first-order chi connectivity index (χ1) is 5.47. The Morgan fingerprint density at radius 1 is 1.31 bits per heavy atom. The van der Waals surface area contributed by atoms with Crippen LogP contribution in [0.5, 0.6) is 0 Å². The molecule has 0 aliphatic carbocycles. The van der Waals surface area contributed by atoms with Crippen molar-refractivity contribution >= 4 is 28.9 Å². The van der Waals surface area contributed by atoms with Crippen LogP contribution in [0.4, 0.5) is 5.82 Å². The molecule has 1 aliphatic heterocycles. The standard InChI is InChI=1S/C9H11N2.BrH.Mg/c1-2-6-10-9(5-1)11-7-3-4-8-11;;/h1-2,5H,3-4,7-8H2;1H;/q-1;;+2/p-1. The van der Waals surface area contributed by atoms with Gasteiger partial charge in [0, 0.05) is 18.9 Å². The Balaban J connectivity index is 0.000000720. The summed E-state index contributed by atoms with van der Waals surface area (Å²) in [6.45, 7) is 2.32. The van der Waals surface area contributed by atoms with Crippen LogP contribution in [-0.2, 0) is 0 Å². The van der Waals surface area contributed by atoms with Crippen LogP contribution < -0.4 is 21.9 Å². The molecule has 4 heteroatoms. The molecule has 13 heavy (non-hydrogen) atoms. The maximum atomic E-state index is 4.16. The summed E-state index contributed by atoms with van der Waals surface area (Å²) < 4.78 is 0. The number of hydrogen-bond donors (Lipinski definition) is 0. The van der Waals surface area contributed by atoms with E-state index in [0.717, 1.165) is 18.9 Å². The smallest absolute Gasteiger partial charge is 1.00 e. The van der Waals surface area contributed by atoms with Crippen LogP contribution in [0.2, 0.25) is 0 Å². The van der Waals surface area contributed by atoms with Crippen molar-refractivity contribution in [3.8, 4) is 0 Å². The number of halogens is 1. The number of pyridine rings is 1. The molecule has 0 radical (unpaired) electrons. The molecule has 0 spiro atoms. The van der Waals surface area contributed by atoms with Gasteiger partial charge in [-0.25, -0.2) is 0 Å². The van der Waals surface area contributed by atoms with Crippen molar-refractivity contribution in [1.82, 2.24) is 4.98 Å². The molecule has 66 valence electrons. The Morgan fingerprint density at radius 3 is 2.54 bits per heavy atom. The van der Waals surface area contributed by atoms with E-state index in [9.17, 15) is 0 Å². The van der Waals surface area contributed by atoms with Crippen molar-refractivity contribution in [1.29, 1.82) is 0 Å². The monoisotopic (exact) mass is 250 g/mol. The molecule has 0 unspecified atom stereocenters. The molecule has 0 atom stereocenters. The molecule has 1 aromatic rings. The molecule has 1 fully saturated rings. The molecule has 1 aliphatic rings. The van der Waals surface area contributed by atoms with Crippen LogP contribution >= 0.6 is 0 Å². The second-order valence-corrected chi connectivity index (χ2v) is 2.82. The predicted octanol–water partition coefficient (Wildman–Crippen LogP) is -1.89. The second-order valence-electron chi connectivity index (χ2n) is 2.82. The predicted molar refractivity (Wildman–Crippen MR) is 50.3 cm³/mol. The number of aromatic nitrogens is 1. The molecule has 2 rings (SSSR count). The fourth-order valence-corrected chi connectivity index (χ4v) is 1.44.